The predicted octanol–water partition coefficient (Wildman–Crippen LogP) is -0.660. The Labute approximate surface area is 112 Å². The van der Waals surface area contributed by atoms with Gasteiger partial charge in [-0.1, -0.05) is 0 Å². The molecule has 0 aliphatic carbocycles. The molecule has 1 aliphatic heterocycles. The van der Waals surface area contributed by atoms with E-state index in [9.17, 15) is 31.2 Å². The number of hydrogen-bond acceptors (Lipinski definition) is 5. The molecule has 0 unspecified atom stereocenters. The molecule has 1 saturated heterocycles. The normalized spacial score (nSPS) is 20.5. The maximum atomic E-state index is 11.8. The van der Waals surface area contributed by atoms with Gasteiger partial charge in [0, 0.05) is 19.1 Å². The Kier molecular flexibility index (Phi) is 4.81. The summed E-state index contributed by atoms with van der Waals surface area (Å²) in [5, 5.41) is 2.19. The lowest BCUT2D eigenvalue weighted by Crippen LogP contribution is -2.45. The van der Waals surface area contributed by atoms with Crippen molar-refractivity contribution in [2.45, 2.75) is 18.6 Å². The summed E-state index contributed by atoms with van der Waals surface area (Å²) < 4.78 is 58.8. The molecule has 1 rings (SSSR count). The number of rotatable bonds is 2. The molecule has 0 spiro atoms. The summed E-state index contributed by atoms with van der Waals surface area (Å²) in [4.78, 5) is 25.0. The van der Waals surface area contributed by atoms with E-state index in [1.807, 2.05) is 0 Å². The van der Waals surface area contributed by atoms with Crippen molar-refractivity contribution >= 4 is 22.0 Å². The van der Waals surface area contributed by atoms with Gasteiger partial charge in [-0.15, -0.1) is 0 Å². The third kappa shape index (κ3) is 4.85. The average Bonchev–Trinajstić information content (AvgIpc) is 2.72. The van der Waals surface area contributed by atoms with Gasteiger partial charge in [0.25, 0.3) is 0 Å². The van der Waals surface area contributed by atoms with Crippen LogP contribution in [0.3, 0.4) is 0 Å². The first-order chi connectivity index (χ1) is 9.00. The Hall–Kier alpha value is -1.56. The Morgan fingerprint density at radius 3 is 2.40 bits per heavy atom. The third-order valence-electron chi connectivity index (χ3n) is 2.42. The number of nitrogens with zero attached hydrogens (tertiary/aromatic N) is 1. The lowest BCUT2D eigenvalue weighted by molar-refractivity contribution is -0.204. The Morgan fingerprint density at radius 2 is 1.95 bits per heavy atom. The lowest BCUT2D eigenvalue weighted by Gasteiger charge is -2.15. The second-order valence-electron chi connectivity index (χ2n) is 4.07. The molecular formula is C8H12F3N3O5S. The molecule has 0 aromatic rings. The fraction of sp³-hybridized carbons (Fsp3) is 0.750. The minimum Gasteiger partial charge on any atom is -0.332 e. The number of sulfonamides is 1. The molecule has 8 nitrogen and oxygen atoms in total. The summed E-state index contributed by atoms with van der Waals surface area (Å²) in [5.41, 5.74) is 1.28. The quantitative estimate of drug-likeness (QED) is 0.658. The number of hydrogen-bond donors (Lipinski definition) is 2. The molecule has 20 heavy (non-hydrogen) atoms. The number of hydroxylamine groups is 1. The van der Waals surface area contributed by atoms with E-state index < -0.39 is 34.2 Å². The molecular weight excluding hydrogens is 307 g/mol. The van der Waals surface area contributed by atoms with Crippen molar-refractivity contribution in [1.82, 2.24) is 15.1 Å². The molecule has 1 atom stereocenters. The van der Waals surface area contributed by atoms with E-state index in [0.29, 0.717) is 6.42 Å². The number of amides is 2. The number of alkyl halides is 3. The molecule has 0 radical (unpaired) electrons. The third-order valence-corrected chi connectivity index (χ3v) is 3.69. The molecule has 12 heteroatoms. The zero-order valence-electron chi connectivity index (χ0n) is 10.2. The standard InChI is InChI=1S/C8H12F3N3O5S/c1-20(17,18)14-3-2-5(4-14)12-7(16)13-19-6(15)8(9,10)11/h5H,2-4H2,1H3,(H2,12,13,16)/t5-/m0/s1. The zero-order valence-corrected chi connectivity index (χ0v) is 11.0. The highest BCUT2D eigenvalue weighted by Gasteiger charge is 2.42. The average molecular weight is 319 g/mol. The Bertz CT molecular complexity index is 492. The van der Waals surface area contributed by atoms with Crippen LogP contribution < -0.4 is 10.8 Å². The molecule has 116 valence electrons. The molecule has 2 N–H and O–H groups in total. The van der Waals surface area contributed by atoms with Crippen molar-refractivity contribution in [2.75, 3.05) is 19.3 Å². The van der Waals surface area contributed by atoms with Gasteiger partial charge in [-0.3, -0.25) is 0 Å². The Balaban J connectivity index is 2.36. The molecule has 0 bridgehead atoms. The fourth-order valence-corrected chi connectivity index (χ4v) is 2.40. The summed E-state index contributed by atoms with van der Waals surface area (Å²) in [5.74, 6) is -2.56. The van der Waals surface area contributed by atoms with Gasteiger partial charge in [-0.05, 0) is 6.42 Å². The van der Waals surface area contributed by atoms with Crippen LogP contribution >= 0.6 is 0 Å². The van der Waals surface area contributed by atoms with Crippen LogP contribution in [0.15, 0.2) is 0 Å². The van der Waals surface area contributed by atoms with E-state index in [0.717, 1.165) is 10.6 Å². The summed E-state index contributed by atoms with van der Waals surface area (Å²) in [7, 11) is -3.39. The van der Waals surface area contributed by atoms with Crippen LogP contribution in [-0.2, 0) is 19.7 Å². The first-order valence-electron chi connectivity index (χ1n) is 5.30. The molecule has 0 aromatic heterocycles. The van der Waals surface area contributed by atoms with Gasteiger partial charge in [-0.25, -0.2) is 22.3 Å². The largest absolute Gasteiger partial charge is 0.493 e. The van der Waals surface area contributed by atoms with Gasteiger partial charge >= 0.3 is 18.2 Å². The summed E-state index contributed by atoms with van der Waals surface area (Å²) in [6, 6.07) is -1.74. The van der Waals surface area contributed by atoms with Crippen LogP contribution in [0.1, 0.15) is 6.42 Å². The van der Waals surface area contributed by atoms with Gasteiger partial charge < -0.3 is 10.2 Å². The first-order valence-corrected chi connectivity index (χ1v) is 7.14. The minimum absolute atomic E-state index is 0.000525. The number of carbonyl (C=O) groups excluding carboxylic acids is 2. The topological polar surface area (TPSA) is 105 Å². The van der Waals surface area contributed by atoms with Crippen molar-refractivity contribution in [3.63, 3.8) is 0 Å². The van der Waals surface area contributed by atoms with Crippen LogP contribution in [0.25, 0.3) is 0 Å². The van der Waals surface area contributed by atoms with Crippen LogP contribution in [0, 0.1) is 0 Å². The van der Waals surface area contributed by atoms with Crippen LogP contribution in [0.4, 0.5) is 18.0 Å². The second kappa shape index (κ2) is 5.83. The van der Waals surface area contributed by atoms with Crippen molar-refractivity contribution in [3.8, 4) is 0 Å². The van der Waals surface area contributed by atoms with E-state index in [-0.39, 0.29) is 13.1 Å². The van der Waals surface area contributed by atoms with Crippen molar-refractivity contribution in [1.29, 1.82) is 0 Å². The highest BCUT2D eigenvalue weighted by molar-refractivity contribution is 7.88. The van der Waals surface area contributed by atoms with E-state index in [1.54, 1.807) is 0 Å². The number of halogens is 3. The summed E-state index contributed by atoms with van der Waals surface area (Å²) in [6.07, 6.45) is -3.91. The molecule has 0 saturated carbocycles. The molecule has 1 fully saturated rings. The maximum absolute atomic E-state index is 11.8. The number of nitrogens with one attached hydrogen (secondary N) is 2. The lowest BCUT2D eigenvalue weighted by atomic mass is 10.3. The molecule has 2 amide bonds. The highest BCUT2D eigenvalue weighted by atomic mass is 32.2. The van der Waals surface area contributed by atoms with Gasteiger partial charge in [-0.2, -0.15) is 18.7 Å². The fourth-order valence-electron chi connectivity index (χ4n) is 1.51. The smallest absolute Gasteiger partial charge is 0.332 e. The summed E-state index contributed by atoms with van der Waals surface area (Å²) in [6.45, 7) is 0.186. The SMILES string of the molecule is CS(=O)(=O)N1CC[C@H](NC(=O)NOC(=O)C(F)(F)F)C1. The second-order valence-corrected chi connectivity index (χ2v) is 6.05. The van der Waals surface area contributed by atoms with Gasteiger partial charge in [0.1, 0.15) is 0 Å². The van der Waals surface area contributed by atoms with E-state index >= 15 is 0 Å². The number of carbonyl (C=O) groups is 2. The Morgan fingerprint density at radius 1 is 1.35 bits per heavy atom. The number of urea groups is 1. The van der Waals surface area contributed by atoms with Crippen molar-refractivity contribution in [3.05, 3.63) is 0 Å². The predicted molar refractivity (Wildman–Crippen MR) is 58.6 cm³/mol. The highest BCUT2D eigenvalue weighted by Crippen LogP contribution is 2.15. The van der Waals surface area contributed by atoms with Crippen LogP contribution in [0.2, 0.25) is 0 Å². The maximum Gasteiger partial charge on any atom is 0.493 e. The molecule has 1 aliphatic rings. The van der Waals surface area contributed by atoms with Gasteiger partial charge in [0.05, 0.1) is 6.26 Å². The zero-order chi connectivity index (χ0) is 15.6. The van der Waals surface area contributed by atoms with E-state index in [1.165, 1.54) is 5.48 Å². The molecule has 0 aromatic carbocycles. The van der Waals surface area contributed by atoms with Crippen LogP contribution in [-0.4, -0.2) is 56.3 Å². The van der Waals surface area contributed by atoms with E-state index in [2.05, 4.69) is 10.2 Å². The van der Waals surface area contributed by atoms with Crippen molar-refractivity contribution < 1.29 is 36.0 Å². The minimum atomic E-state index is -5.21. The van der Waals surface area contributed by atoms with Gasteiger partial charge in [0.2, 0.25) is 10.0 Å². The van der Waals surface area contributed by atoms with E-state index in [4.69, 9.17) is 0 Å². The molecule has 1 heterocycles. The monoisotopic (exact) mass is 319 g/mol. The first kappa shape index (κ1) is 16.5. The summed E-state index contributed by atoms with van der Waals surface area (Å²) >= 11 is 0. The van der Waals surface area contributed by atoms with Crippen molar-refractivity contribution in [2.24, 2.45) is 0 Å². The van der Waals surface area contributed by atoms with Crippen LogP contribution in [0.5, 0.6) is 0 Å². The van der Waals surface area contributed by atoms with Gasteiger partial charge in [0.15, 0.2) is 0 Å².